The van der Waals surface area contributed by atoms with Crippen molar-refractivity contribution in [2.45, 2.75) is 59.1 Å². The van der Waals surface area contributed by atoms with Crippen LogP contribution in [0.2, 0.25) is 0 Å². The highest BCUT2D eigenvalue weighted by molar-refractivity contribution is 5.78. The number of rotatable bonds is 3. The van der Waals surface area contributed by atoms with Gasteiger partial charge in [-0.3, -0.25) is 4.79 Å². The van der Waals surface area contributed by atoms with Gasteiger partial charge in [0.1, 0.15) is 5.75 Å². The summed E-state index contributed by atoms with van der Waals surface area (Å²) in [6.07, 6.45) is 3.33. The van der Waals surface area contributed by atoms with Gasteiger partial charge in [0.05, 0.1) is 6.10 Å². The number of carbonyl (C=O) groups is 1. The van der Waals surface area contributed by atoms with Crippen molar-refractivity contribution in [3.8, 4) is 5.75 Å². The molecule has 2 N–H and O–H groups in total. The largest absolute Gasteiger partial charge is 0.508 e. The van der Waals surface area contributed by atoms with Gasteiger partial charge in [-0.2, -0.15) is 0 Å². The second-order valence-corrected chi connectivity index (χ2v) is 9.53. The molecule has 3 fully saturated rings. The maximum Gasteiger partial charge on any atom is 0.222 e. The zero-order valence-corrected chi connectivity index (χ0v) is 16.3. The number of hydrogen-bond donors (Lipinski definition) is 2. The molecule has 142 valence electrons. The fourth-order valence-electron chi connectivity index (χ4n) is 6.13. The first-order valence-electron chi connectivity index (χ1n) is 9.96. The number of aromatic hydroxyl groups is 1. The highest BCUT2D eigenvalue weighted by atomic mass is 16.5. The molecule has 4 rings (SSSR count). The van der Waals surface area contributed by atoms with E-state index in [-0.39, 0.29) is 34.8 Å². The van der Waals surface area contributed by atoms with E-state index in [9.17, 15) is 9.90 Å². The van der Waals surface area contributed by atoms with E-state index in [0.29, 0.717) is 24.2 Å². The summed E-state index contributed by atoms with van der Waals surface area (Å²) in [6, 6.07) is 7.68. The lowest BCUT2D eigenvalue weighted by molar-refractivity contribution is -0.139. The lowest BCUT2D eigenvalue weighted by atomic mass is 9.58. The predicted octanol–water partition coefficient (Wildman–Crippen LogP) is 4.05. The van der Waals surface area contributed by atoms with Crippen LogP contribution in [0.25, 0.3) is 0 Å². The molecule has 2 saturated carbocycles. The van der Waals surface area contributed by atoms with Crippen molar-refractivity contribution in [1.82, 2.24) is 5.32 Å². The molecule has 1 spiro atoms. The van der Waals surface area contributed by atoms with Crippen molar-refractivity contribution in [3.05, 3.63) is 29.8 Å². The second kappa shape index (κ2) is 5.98. The summed E-state index contributed by atoms with van der Waals surface area (Å²) in [5.74, 6) is 1.45. The molecule has 5 atom stereocenters. The Morgan fingerprint density at radius 3 is 2.81 bits per heavy atom. The van der Waals surface area contributed by atoms with Gasteiger partial charge in [-0.15, -0.1) is 0 Å². The first-order chi connectivity index (χ1) is 12.3. The molecule has 1 unspecified atom stereocenters. The number of fused-ring (bicyclic) bond motifs is 1. The Labute approximate surface area is 156 Å². The molecule has 2 aliphatic carbocycles. The lowest BCUT2D eigenvalue weighted by Crippen LogP contribution is -2.59. The van der Waals surface area contributed by atoms with Crippen LogP contribution in [-0.4, -0.2) is 23.7 Å². The van der Waals surface area contributed by atoms with E-state index < -0.39 is 0 Å². The third kappa shape index (κ3) is 2.49. The fourth-order valence-corrected chi connectivity index (χ4v) is 6.13. The number of phenolic OH excluding ortho intramolecular Hbond substituents is 1. The average molecular weight is 357 g/mol. The Hall–Kier alpha value is -1.55. The van der Waals surface area contributed by atoms with Gasteiger partial charge in [-0.1, -0.05) is 39.8 Å². The molecule has 1 aromatic carbocycles. The summed E-state index contributed by atoms with van der Waals surface area (Å²) in [4.78, 5) is 12.6. The van der Waals surface area contributed by atoms with E-state index in [2.05, 4.69) is 25.2 Å². The predicted molar refractivity (Wildman–Crippen MR) is 101 cm³/mol. The van der Waals surface area contributed by atoms with Crippen molar-refractivity contribution in [2.24, 2.45) is 28.6 Å². The van der Waals surface area contributed by atoms with E-state index in [1.165, 1.54) is 6.42 Å². The smallest absolute Gasteiger partial charge is 0.222 e. The van der Waals surface area contributed by atoms with Crippen LogP contribution in [0.5, 0.6) is 5.75 Å². The third-order valence-corrected chi connectivity index (χ3v) is 7.51. The fraction of sp³-hybridized carbons (Fsp3) is 0.682. The molecule has 26 heavy (non-hydrogen) atoms. The normalized spacial score (nSPS) is 37.6. The SMILES string of the molecule is CC(C)C(=O)N[C@@H]1C(C)(C)[C@@H]2C[C@@H]3[C@@H](c4cccc(O)c4)OCCC31C2. The van der Waals surface area contributed by atoms with E-state index in [0.717, 1.165) is 18.4 Å². The first kappa shape index (κ1) is 17.8. The van der Waals surface area contributed by atoms with Crippen molar-refractivity contribution in [1.29, 1.82) is 0 Å². The monoisotopic (exact) mass is 357 g/mol. The third-order valence-electron chi connectivity index (χ3n) is 7.51. The number of ether oxygens (including phenoxy) is 1. The number of carbonyl (C=O) groups excluding carboxylic acids is 1. The van der Waals surface area contributed by atoms with E-state index in [4.69, 9.17) is 4.74 Å². The van der Waals surface area contributed by atoms with Crippen molar-refractivity contribution >= 4 is 5.91 Å². The van der Waals surface area contributed by atoms with Crippen molar-refractivity contribution in [2.75, 3.05) is 6.61 Å². The summed E-state index contributed by atoms with van der Waals surface area (Å²) >= 11 is 0. The van der Waals surface area contributed by atoms with Gasteiger partial charge in [0, 0.05) is 18.6 Å². The van der Waals surface area contributed by atoms with Crippen LogP contribution in [0.1, 0.15) is 58.6 Å². The van der Waals surface area contributed by atoms with Gasteiger partial charge >= 0.3 is 0 Å². The zero-order chi connectivity index (χ0) is 18.7. The molecule has 0 radical (unpaired) electrons. The molecule has 0 aromatic heterocycles. The van der Waals surface area contributed by atoms with E-state index in [1.807, 2.05) is 26.0 Å². The molecule has 1 aliphatic heterocycles. The molecule has 3 aliphatic rings. The summed E-state index contributed by atoms with van der Waals surface area (Å²) in [7, 11) is 0. The minimum atomic E-state index is 0.00137. The Morgan fingerprint density at radius 2 is 2.12 bits per heavy atom. The van der Waals surface area contributed by atoms with Crippen molar-refractivity contribution < 1.29 is 14.6 Å². The van der Waals surface area contributed by atoms with Gasteiger partial charge in [0.2, 0.25) is 5.91 Å². The number of benzene rings is 1. The minimum Gasteiger partial charge on any atom is -0.508 e. The molecular formula is C22H31NO3. The summed E-state index contributed by atoms with van der Waals surface area (Å²) in [5.41, 5.74) is 1.28. The lowest BCUT2D eigenvalue weighted by Gasteiger charge is -2.53. The number of hydrogen-bond acceptors (Lipinski definition) is 3. The minimum absolute atomic E-state index is 0.00137. The summed E-state index contributed by atoms with van der Waals surface area (Å²) in [5, 5.41) is 13.3. The Bertz CT molecular complexity index is 713. The molecule has 1 heterocycles. The van der Waals surface area contributed by atoms with Crippen LogP contribution in [0.4, 0.5) is 0 Å². The molecule has 2 bridgehead atoms. The number of nitrogens with one attached hydrogen (secondary N) is 1. The number of phenols is 1. The molecule has 4 nitrogen and oxygen atoms in total. The van der Waals surface area contributed by atoms with Crippen LogP contribution in [0.3, 0.4) is 0 Å². The second-order valence-electron chi connectivity index (χ2n) is 9.53. The summed E-state index contributed by atoms with van der Waals surface area (Å²) in [6.45, 7) is 9.29. The Morgan fingerprint density at radius 1 is 1.35 bits per heavy atom. The van der Waals surface area contributed by atoms with Crippen LogP contribution in [-0.2, 0) is 9.53 Å². The van der Waals surface area contributed by atoms with Gasteiger partial charge in [0.15, 0.2) is 0 Å². The zero-order valence-electron chi connectivity index (χ0n) is 16.3. The highest BCUT2D eigenvalue weighted by Crippen LogP contribution is 2.70. The Balaban J connectivity index is 1.69. The maximum absolute atomic E-state index is 12.6. The molecule has 1 aromatic rings. The quantitative estimate of drug-likeness (QED) is 0.858. The molecule has 1 saturated heterocycles. The topological polar surface area (TPSA) is 58.6 Å². The average Bonchev–Trinajstić information content (AvgIpc) is 3.07. The van der Waals surface area contributed by atoms with E-state index >= 15 is 0 Å². The molecule has 4 heteroatoms. The highest BCUT2D eigenvalue weighted by Gasteiger charge is 2.68. The van der Waals surface area contributed by atoms with Crippen LogP contribution >= 0.6 is 0 Å². The van der Waals surface area contributed by atoms with Crippen LogP contribution in [0, 0.1) is 28.6 Å². The standard InChI is InChI=1S/C22H31NO3/c1-13(2)19(25)23-20-21(3,4)15-11-17-18(14-6-5-7-16(24)10-14)26-9-8-22(17,20)12-15/h5-7,10,13,15,17-18,20,24H,8-9,11-12H2,1-4H3,(H,23,25)/t15-,17-,18-,20-,22?/m1/s1. The van der Waals surface area contributed by atoms with Gasteiger partial charge in [-0.25, -0.2) is 0 Å². The summed E-state index contributed by atoms with van der Waals surface area (Å²) < 4.78 is 6.23. The number of amides is 1. The Kier molecular flexibility index (Phi) is 4.11. The maximum atomic E-state index is 12.6. The molecular weight excluding hydrogens is 326 g/mol. The molecule has 1 amide bonds. The first-order valence-corrected chi connectivity index (χ1v) is 9.96. The van der Waals surface area contributed by atoms with E-state index in [1.54, 1.807) is 6.07 Å². The van der Waals surface area contributed by atoms with Crippen LogP contribution < -0.4 is 5.32 Å². The van der Waals surface area contributed by atoms with Crippen LogP contribution in [0.15, 0.2) is 24.3 Å². The van der Waals surface area contributed by atoms with Gasteiger partial charge < -0.3 is 15.2 Å². The van der Waals surface area contributed by atoms with Gasteiger partial charge in [0.25, 0.3) is 0 Å². The van der Waals surface area contributed by atoms with Crippen molar-refractivity contribution in [3.63, 3.8) is 0 Å². The van der Waals surface area contributed by atoms with Gasteiger partial charge in [-0.05, 0) is 59.6 Å².